The quantitative estimate of drug-likeness (QED) is 0.663. The second-order valence-electron chi connectivity index (χ2n) is 5.88. The number of methoxy groups -OCH3 is 1. The van der Waals surface area contributed by atoms with Gasteiger partial charge in [-0.3, -0.25) is 0 Å². The topological polar surface area (TPSA) is 59.1 Å². The number of nitrogens with zero attached hydrogens (tertiary/aromatic N) is 2. The molecule has 2 N–H and O–H groups in total. The van der Waals surface area contributed by atoms with Crippen molar-refractivity contribution in [2.24, 2.45) is 0 Å². The van der Waals surface area contributed by atoms with E-state index < -0.39 is 0 Å². The minimum absolute atomic E-state index is 0.305. The summed E-state index contributed by atoms with van der Waals surface area (Å²) in [6.07, 6.45) is 0.861. The van der Waals surface area contributed by atoms with E-state index in [9.17, 15) is 4.39 Å². The van der Waals surface area contributed by atoms with Crippen molar-refractivity contribution in [3.8, 4) is 5.75 Å². The van der Waals surface area contributed by atoms with Gasteiger partial charge >= 0.3 is 0 Å². The minimum atomic E-state index is -0.305. The van der Waals surface area contributed by atoms with Crippen LogP contribution in [0.15, 0.2) is 54.6 Å². The zero-order valence-electron chi connectivity index (χ0n) is 14.8. The largest absolute Gasteiger partial charge is 0.497 e. The molecule has 0 spiro atoms. The smallest absolute Gasteiger partial charge is 0.229 e. The Morgan fingerprint density at radius 3 is 2.58 bits per heavy atom. The molecule has 1 aromatic heterocycles. The predicted octanol–water partition coefficient (Wildman–Crippen LogP) is 4.33. The van der Waals surface area contributed by atoms with Crippen molar-refractivity contribution < 1.29 is 9.13 Å². The highest BCUT2D eigenvalue weighted by Crippen LogP contribution is 2.17. The molecule has 0 saturated heterocycles. The van der Waals surface area contributed by atoms with Gasteiger partial charge in [-0.25, -0.2) is 9.37 Å². The van der Waals surface area contributed by atoms with Crippen LogP contribution in [0.5, 0.6) is 5.75 Å². The van der Waals surface area contributed by atoms with Crippen molar-refractivity contribution in [2.45, 2.75) is 13.3 Å². The molecule has 0 aliphatic carbocycles. The molecule has 3 rings (SSSR count). The molecule has 134 valence electrons. The lowest BCUT2D eigenvalue weighted by Crippen LogP contribution is -2.08. The maximum atomic E-state index is 13.3. The molecular formula is C20H21FN4O. The van der Waals surface area contributed by atoms with Crippen LogP contribution in [0, 0.1) is 12.7 Å². The lowest BCUT2D eigenvalue weighted by atomic mass is 10.1. The van der Waals surface area contributed by atoms with E-state index in [1.54, 1.807) is 19.2 Å². The number of aryl methyl sites for hydroxylation is 1. The molecule has 0 radical (unpaired) electrons. The van der Waals surface area contributed by atoms with Crippen molar-refractivity contribution in [3.63, 3.8) is 0 Å². The Bertz CT molecular complexity index is 868. The fraction of sp³-hybridized carbons (Fsp3) is 0.200. The Morgan fingerprint density at radius 2 is 1.85 bits per heavy atom. The summed E-state index contributed by atoms with van der Waals surface area (Å²) in [5, 5.41) is 6.33. The van der Waals surface area contributed by atoms with Gasteiger partial charge in [-0.05, 0) is 49.2 Å². The van der Waals surface area contributed by atoms with Crippen molar-refractivity contribution in [1.29, 1.82) is 0 Å². The van der Waals surface area contributed by atoms with Gasteiger partial charge in [0, 0.05) is 24.0 Å². The molecular weight excluding hydrogens is 331 g/mol. The molecule has 0 amide bonds. The van der Waals surface area contributed by atoms with E-state index in [4.69, 9.17) is 4.74 Å². The van der Waals surface area contributed by atoms with E-state index >= 15 is 0 Å². The van der Waals surface area contributed by atoms with E-state index in [-0.39, 0.29) is 5.82 Å². The molecule has 2 aromatic carbocycles. The number of halogens is 1. The van der Waals surface area contributed by atoms with Crippen molar-refractivity contribution in [2.75, 3.05) is 24.3 Å². The number of hydrogen-bond acceptors (Lipinski definition) is 5. The molecule has 26 heavy (non-hydrogen) atoms. The predicted molar refractivity (Wildman–Crippen MR) is 102 cm³/mol. The van der Waals surface area contributed by atoms with E-state index in [1.807, 2.05) is 37.3 Å². The van der Waals surface area contributed by atoms with Crippen LogP contribution >= 0.6 is 0 Å². The summed E-state index contributed by atoms with van der Waals surface area (Å²) in [5.41, 5.74) is 2.65. The van der Waals surface area contributed by atoms with Gasteiger partial charge in [0.15, 0.2) is 0 Å². The van der Waals surface area contributed by atoms with E-state index in [0.717, 1.165) is 30.2 Å². The van der Waals surface area contributed by atoms with Gasteiger partial charge in [0.2, 0.25) is 5.95 Å². The molecule has 0 saturated carbocycles. The van der Waals surface area contributed by atoms with Crippen molar-refractivity contribution >= 4 is 17.5 Å². The molecule has 5 nitrogen and oxygen atoms in total. The fourth-order valence-electron chi connectivity index (χ4n) is 2.54. The summed E-state index contributed by atoms with van der Waals surface area (Å²) in [7, 11) is 1.66. The number of nitrogens with one attached hydrogen (secondary N) is 2. The lowest BCUT2D eigenvalue weighted by Gasteiger charge is -2.10. The third kappa shape index (κ3) is 4.92. The van der Waals surface area contributed by atoms with Gasteiger partial charge in [0.05, 0.1) is 7.11 Å². The third-order valence-electron chi connectivity index (χ3n) is 3.81. The second kappa shape index (κ2) is 8.29. The number of aromatic nitrogens is 2. The summed E-state index contributed by atoms with van der Waals surface area (Å²) in [4.78, 5) is 8.79. The highest BCUT2D eigenvalue weighted by Gasteiger charge is 2.04. The van der Waals surface area contributed by atoms with Crippen LogP contribution < -0.4 is 15.4 Å². The standard InChI is InChI=1S/C20H21FN4O/c1-14-12-19(22-11-10-15-6-8-18(26-2)9-7-15)25-20(23-14)24-17-5-3-4-16(21)13-17/h3-9,12-13H,10-11H2,1-2H3,(H2,22,23,24,25). The minimum Gasteiger partial charge on any atom is -0.497 e. The number of anilines is 3. The van der Waals surface area contributed by atoms with Crippen LogP contribution in [0.1, 0.15) is 11.3 Å². The Kier molecular flexibility index (Phi) is 5.63. The van der Waals surface area contributed by atoms with Gasteiger partial charge in [0.1, 0.15) is 17.4 Å². The highest BCUT2D eigenvalue weighted by atomic mass is 19.1. The zero-order chi connectivity index (χ0) is 18.4. The summed E-state index contributed by atoms with van der Waals surface area (Å²) < 4.78 is 18.5. The SMILES string of the molecule is COc1ccc(CCNc2cc(C)nc(Nc3cccc(F)c3)n2)cc1. The summed E-state index contributed by atoms with van der Waals surface area (Å²) in [6.45, 7) is 2.63. The van der Waals surface area contributed by atoms with Crippen LogP contribution in [0.3, 0.4) is 0 Å². The summed E-state index contributed by atoms with van der Waals surface area (Å²) in [5.74, 6) is 1.70. The molecule has 0 atom stereocenters. The van der Waals surface area contributed by atoms with Gasteiger partial charge < -0.3 is 15.4 Å². The fourth-order valence-corrected chi connectivity index (χ4v) is 2.54. The average molecular weight is 352 g/mol. The number of benzene rings is 2. The Hall–Kier alpha value is -3.15. The lowest BCUT2D eigenvalue weighted by molar-refractivity contribution is 0.414. The van der Waals surface area contributed by atoms with Crippen LogP contribution in [0.25, 0.3) is 0 Å². The molecule has 0 unspecified atom stereocenters. The van der Waals surface area contributed by atoms with Crippen molar-refractivity contribution in [3.05, 3.63) is 71.7 Å². The first kappa shape index (κ1) is 17.7. The Labute approximate surface area is 152 Å². The molecule has 1 heterocycles. The first-order valence-electron chi connectivity index (χ1n) is 8.37. The third-order valence-corrected chi connectivity index (χ3v) is 3.81. The zero-order valence-corrected chi connectivity index (χ0v) is 14.8. The highest BCUT2D eigenvalue weighted by molar-refractivity contribution is 5.55. The summed E-state index contributed by atoms with van der Waals surface area (Å²) in [6, 6.07) is 16.1. The van der Waals surface area contributed by atoms with Gasteiger partial charge in [-0.1, -0.05) is 18.2 Å². The molecule has 0 aliphatic rings. The molecule has 0 aliphatic heterocycles. The summed E-state index contributed by atoms with van der Waals surface area (Å²) >= 11 is 0. The van der Waals surface area contributed by atoms with E-state index in [2.05, 4.69) is 20.6 Å². The van der Waals surface area contributed by atoms with Gasteiger partial charge in [-0.15, -0.1) is 0 Å². The Balaban J connectivity index is 1.61. The maximum Gasteiger partial charge on any atom is 0.229 e. The monoisotopic (exact) mass is 352 g/mol. The first-order chi connectivity index (χ1) is 12.6. The average Bonchev–Trinajstić information content (AvgIpc) is 2.62. The van der Waals surface area contributed by atoms with Crippen LogP contribution in [0.4, 0.5) is 21.8 Å². The number of hydrogen-bond donors (Lipinski definition) is 2. The molecule has 6 heteroatoms. The van der Waals surface area contributed by atoms with Crippen LogP contribution in [-0.2, 0) is 6.42 Å². The van der Waals surface area contributed by atoms with Gasteiger partial charge in [0.25, 0.3) is 0 Å². The molecule has 0 fully saturated rings. The second-order valence-corrected chi connectivity index (χ2v) is 5.88. The van der Waals surface area contributed by atoms with Crippen molar-refractivity contribution in [1.82, 2.24) is 9.97 Å². The Morgan fingerprint density at radius 1 is 1.04 bits per heavy atom. The first-order valence-corrected chi connectivity index (χ1v) is 8.37. The van der Waals surface area contributed by atoms with E-state index in [0.29, 0.717) is 11.6 Å². The normalized spacial score (nSPS) is 10.4. The van der Waals surface area contributed by atoms with E-state index in [1.165, 1.54) is 17.7 Å². The molecule has 0 bridgehead atoms. The number of rotatable bonds is 7. The van der Waals surface area contributed by atoms with Crippen LogP contribution in [0.2, 0.25) is 0 Å². The van der Waals surface area contributed by atoms with Crippen LogP contribution in [-0.4, -0.2) is 23.6 Å². The molecule has 3 aromatic rings. The van der Waals surface area contributed by atoms with Gasteiger partial charge in [-0.2, -0.15) is 4.98 Å². The maximum absolute atomic E-state index is 13.3. The number of ether oxygens (including phenoxy) is 1.